The van der Waals surface area contributed by atoms with Crippen LogP contribution in [-0.2, 0) is 0 Å². The summed E-state index contributed by atoms with van der Waals surface area (Å²) in [7, 11) is 0. The Morgan fingerprint density at radius 1 is 0.429 bits per heavy atom. The van der Waals surface area contributed by atoms with Crippen molar-refractivity contribution < 1.29 is 0 Å². The van der Waals surface area contributed by atoms with Gasteiger partial charge >= 0.3 is 0 Å². The molecule has 2 heterocycles. The van der Waals surface area contributed by atoms with E-state index in [2.05, 4.69) is 163 Å². The molecule has 0 saturated heterocycles. The van der Waals surface area contributed by atoms with Gasteiger partial charge in [0.1, 0.15) is 0 Å². The highest BCUT2D eigenvalue weighted by atomic mass is 15.2. The first kappa shape index (κ1) is 23.4. The second-order valence-electron chi connectivity index (χ2n) is 11.3. The number of anilines is 3. The molecule has 0 spiro atoms. The highest BCUT2D eigenvalue weighted by molar-refractivity contribution is 7.01. The predicted molar refractivity (Wildman–Crippen MR) is 180 cm³/mol. The van der Waals surface area contributed by atoms with Gasteiger partial charge in [-0.2, -0.15) is 0 Å². The van der Waals surface area contributed by atoms with E-state index in [0.717, 1.165) is 0 Å². The van der Waals surface area contributed by atoms with Gasteiger partial charge in [0.15, 0.2) is 0 Å². The lowest BCUT2D eigenvalue weighted by Crippen LogP contribution is -2.54. The molecule has 0 atom stereocenters. The van der Waals surface area contributed by atoms with Crippen LogP contribution in [-0.4, -0.2) is 6.71 Å². The average molecular weight is 531 g/mol. The molecule has 0 unspecified atom stereocenters. The summed E-state index contributed by atoms with van der Waals surface area (Å²) < 4.78 is 0. The van der Waals surface area contributed by atoms with Crippen LogP contribution >= 0.6 is 0 Å². The second-order valence-corrected chi connectivity index (χ2v) is 11.3. The predicted octanol–water partition coefficient (Wildman–Crippen LogP) is 8.45. The number of para-hydroxylation sites is 1. The molecule has 0 saturated carbocycles. The standard InChI is InChI=1S/C40H26BN/c1-4-12-27(13-5-1)29-20-22-35-34(24-29)39-33-19-11-10-16-31(33)26-38-40(39)41(35)36-23-21-30(28-14-6-2-7-15-28)25-37(36)42(38)32-17-8-3-9-18-32/h1-26H. The molecule has 0 aliphatic carbocycles. The molecule has 0 bridgehead atoms. The fourth-order valence-electron chi connectivity index (χ4n) is 7.21. The van der Waals surface area contributed by atoms with Crippen LogP contribution < -0.4 is 21.3 Å². The van der Waals surface area contributed by atoms with Crippen LogP contribution in [0.25, 0.3) is 44.2 Å². The van der Waals surface area contributed by atoms with Gasteiger partial charge in [-0.05, 0) is 85.4 Å². The Hall–Kier alpha value is -5.34. The van der Waals surface area contributed by atoms with Crippen LogP contribution in [0, 0.1) is 0 Å². The van der Waals surface area contributed by atoms with E-state index in [1.807, 2.05) is 0 Å². The van der Waals surface area contributed by atoms with Crippen molar-refractivity contribution >= 4 is 50.9 Å². The number of benzene rings is 7. The Balaban J connectivity index is 1.38. The Labute approximate surface area is 246 Å². The molecule has 42 heavy (non-hydrogen) atoms. The molecule has 0 aromatic heterocycles. The largest absolute Gasteiger partial charge is 0.311 e. The lowest BCUT2D eigenvalue weighted by molar-refractivity contribution is 1.30. The average Bonchev–Trinajstić information content (AvgIpc) is 3.41. The maximum Gasteiger partial charge on any atom is 0.248 e. The fraction of sp³-hybridized carbons (Fsp3) is 0. The molecular formula is C40H26BN. The van der Waals surface area contributed by atoms with Crippen molar-refractivity contribution in [2.75, 3.05) is 4.90 Å². The Bertz CT molecular complexity index is 2140. The van der Waals surface area contributed by atoms with Crippen LogP contribution in [0.4, 0.5) is 17.1 Å². The first-order valence-electron chi connectivity index (χ1n) is 14.6. The molecule has 1 nitrogen and oxygen atoms in total. The SMILES string of the molecule is c1ccc(-c2ccc3c(c2)-c2c4c(cc5ccccc25)N(c2ccccc2)c2cc(-c5ccccc5)ccc2B34)cc1. The van der Waals surface area contributed by atoms with E-state index in [1.54, 1.807) is 0 Å². The number of rotatable bonds is 3. The van der Waals surface area contributed by atoms with Gasteiger partial charge in [-0.15, -0.1) is 0 Å². The molecule has 0 radical (unpaired) electrons. The quantitative estimate of drug-likeness (QED) is 0.207. The minimum absolute atomic E-state index is 0.180. The summed E-state index contributed by atoms with van der Waals surface area (Å²) in [5, 5.41) is 2.59. The molecule has 194 valence electrons. The maximum absolute atomic E-state index is 2.49. The zero-order valence-corrected chi connectivity index (χ0v) is 23.0. The van der Waals surface area contributed by atoms with Crippen molar-refractivity contribution in [1.82, 2.24) is 0 Å². The number of nitrogens with zero attached hydrogens (tertiary/aromatic N) is 1. The van der Waals surface area contributed by atoms with E-state index in [1.165, 1.54) is 77.6 Å². The van der Waals surface area contributed by atoms with Gasteiger partial charge in [0.2, 0.25) is 6.71 Å². The zero-order chi connectivity index (χ0) is 27.6. The van der Waals surface area contributed by atoms with Gasteiger partial charge in [-0.25, -0.2) is 0 Å². The first-order valence-corrected chi connectivity index (χ1v) is 14.6. The fourth-order valence-corrected chi connectivity index (χ4v) is 7.21. The van der Waals surface area contributed by atoms with Crippen molar-refractivity contribution in [3.05, 3.63) is 158 Å². The second kappa shape index (κ2) is 9.09. The van der Waals surface area contributed by atoms with Crippen molar-refractivity contribution in [3.8, 4) is 33.4 Å². The monoisotopic (exact) mass is 531 g/mol. The lowest BCUT2D eigenvalue weighted by atomic mass is 9.37. The van der Waals surface area contributed by atoms with E-state index < -0.39 is 0 Å². The number of hydrogen-bond acceptors (Lipinski definition) is 1. The highest BCUT2D eigenvalue weighted by Crippen LogP contribution is 2.45. The van der Waals surface area contributed by atoms with Gasteiger partial charge in [-0.3, -0.25) is 0 Å². The van der Waals surface area contributed by atoms with Gasteiger partial charge in [0, 0.05) is 17.1 Å². The number of hydrogen-bond donors (Lipinski definition) is 0. The minimum Gasteiger partial charge on any atom is -0.311 e. The van der Waals surface area contributed by atoms with Crippen molar-refractivity contribution in [1.29, 1.82) is 0 Å². The van der Waals surface area contributed by atoms with E-state index in [0.29, 0.717) is 0 Å². The molecule has 9 rings (SSSR count). The highest BCUT2D eigenvalue weighted by Gasteiger charge is 2.43. The summed E-state index contributed by atoms with van der Waals surface area (Å²) in [4.78, 5) is 2.49. The maximum atomic E-state index is 2.49. The van der Waals surface area contributed by atoms with Crippen LogP contribution in [0.2, 0.25) is 0 Å². The summed E-state index contributed by atoms with van der Waals surface area (Å²) in [5.74, 6) is 0. The summed E-state index contributed by atoms with van der Waals surface area (Å²) in [6, 6.07) is 57.8. The van der Waals surface area contributed by atoms with Crippen LogP contribution in [0.1, 0.15) is 0 Å². The van der Waals surface area contributed by atoms with Gasteiger partial charge in [0.25, 0.3) is 0 Å². The summed E-state index contributed by atoms with van der Waals surface area (Å²) in [6.07, 6.45) is 0. The van der Waals surface area contributed by atoms with Crippen LogP contribution in [0.5, 0.6) is 0 Å². The molecule has 0 amide bonds. The third-order valence-corrected chi connectivity index (χ3v) is 9.04. The molecule has 2 aliphatic heterocycles. The summed E-state index contributed by atoms with van der Waals surface area (Å²) in [6.45, 7) is 0.180. The van der Waals surface area contributed by atoms with Crippen LogP contribution in [0.3, 0.4) is 0 Å². The molecule has 7 aromatic rings. The third kappa shape index (κ3) is 3.39. The number of fused-ring (bicyclic) bond motifs is 7. The Morgan fingerprint density at radius 3 is 1.74 bits per heavy atom. The topological polar surface area (TPSA) is 3.24 Å². The van der Waals surface area contributed by atoms with Gasteiger partial charge in [0.05, 0.1) is 0 Å². The molecule has 0 N–H and O–H groups in total. The Morgan fingerprint density at radius 2 is 1.02 bits per heavy atom. The first-order chi connectivity index (χ1) is 20.8. The van der Waals surface area contributed by atoms with E-state index >= 15 is 0 Å². The summed E-state index contributed by atoms with van der Waals surface area (Å²) >= 11 is 0. The van der Waals surface area contributed by atoms with E-state index in [-0.39, 0.29) is 6.71 Å². The van der Waals surface area contributed by atoms with Gasteiger partial charge in [-0.1, -0.05) is 133 Å². The van der Waals surface area contributed by atoms with Crippen molar-refractivity contribution in [2.24, 2.45) is 0 Å². The molecular weight excluding hydrogens is 505 g/mol. The van der Waals surface area contributed by atoms with Crippen molar-refractivity contribution in [2.45, 2.75) is 0 Å². The molecule has 0 fully saturated rings. The normalized spacial score (nSPS) is 12.7. The molecule has 7 aromatic carbocycles. The lowest BCUT2D eigenvalue weighted by Gasteiger charge is -2.36. The minimum atomic E-state index is 0.180. The molecule has 2 heteroatoms. The smallest absolute Gasteiger partial charge is 0.248 e. The zero-order valence-electron chi connectivity index (χ0n) is 23.0. The third-order valence-electron chi connectivity index (χ3n) is 9.04. The summed E-state index contributed by atoms with van der Waals surface area (Å²) in [5.41, 5.74) is 15.6. The van der Waals surface area contributed by atoms with E-state index in [4.69, 9.17) is 0 Å². The van der Waals surface area contributed by atoms with E-state index in [9.17, 15) is 0 Å². The Kier molecular flexibility index (Phi) is 5.06. The van der Waals surface area contributed by atoms with Crippen LogP contribution in [0.15, 0.2) is 158 Å². The van der Waals surface area contributed by atoms with Gasteiger partial charge < -0.3 is 4.90 Å². The van der Waals surface area contributed by atoms with Crippen molar-refractivity contribution in [3.63, 3.8) is 0 Å². The molecule has 2 aliphatic rings.